The zero-order chi connectivity index (χ0) is 10.7. The molecule has 1 heterocycles. The largest absolute Gasteiger partial charge is 0.320 e. The van der Waals surface area contributed by atoms with Crippen molar-refractivity contribution in [3.05, 3.63) is 0 Å². The Morgan fingerprint density at radius 1 is 1.43 bits per heavy atom. The van der Waals surface area contributed by atoms with Crippen LogP contribution in [0.2, 0.25) is 0 Å². The first-order chi connectivity index (χ1) is 6.52. The molecule has 1 fully saturated rings. The summed E-state index contributed by atoms with van der Waals surface area (Å²) in [5.41, 5.74) is 8.39. The molecule has 0 spiro atoms. The highest BCUT2D eigenvalue weighted by Gasteiger charge is 2.26. The topological polar surface area (TPSA) is 58.4 Å². The van der Waals surface area contributed by atoms with Gasteiger partial charge in [-0.15, -0.1) is 0 Å². The quantitative estimate of drug-likeness (QED) is 0.685. The van der Waals surface area contributed by atoms with Crippen molar-refractivity contribution >= 4 is 5.91 Å². The molecule has 3 atom stereocenters. The van der Waals surface area contributed by atoms with Crippen LogP contribution >= 0.6 is 0 Å². The van der Waals surface area contributed by atoms with Gasteiger partial charge in [-0.05, 0) is 33.6 Å². The third-order valence-electron chi connectivity index (χ3n) is 2.85. The van der Waals surface area contributed by atoms with Gasteiger partial charge in [0.2, 0.25) is 0 Å². The van der Waals surface area contributed by atoms with E-state index in [1.807, 2.05) is 5.01 Å². The lowest BCUT2D eigenvalue weighted by atomic mass is 10.00. The molecule has 0 bridgehead atoms. The van der Waals surface area contributed by atoms with Gasteiger partial charge in [-0.3, -0.25) is 10.2 Å². The lowest BCUT2D eigenvalue weighted by Crippen LogP contribution is -2.57. The highest BCUT2D eigenvalue weighted by Crippen LogP contribution is 2.19. The molecule has 82 valence electrons. The fourth-order valence-electron chi connectivity index (χ4n) is 1.87. The van der Waals surface area contributed by atoms with E-state index < -0.39 is 6.04 Å². The number of nitrogens with two attached hydrogens (primary N) is 1. The van der Waals surface area contributed by atoms with Crippen molar-refractivity contribution in [1.29, 1.82) is 0 Å². The molecule has 0 saturated carbocycles. The molecule has 3 N–H and O–H groups in total. The molecule has 0 radical (unpaired) electrons. The van der Waals surface area contributed by atoms with Gasteiger partial charge in [0, 0.05) is 12.1 Å². The Bertz CT molecular complexity index is 196. The van der Waals surface area contributed by atoms with Crippen LogP contribution in [-0.4, -0.2) is 29.0 Å². The van der Waals surface area contributed by atoms with Crippen LogP contribution in [0.3, 0.4) is 0 Å². The number of nitrogens with zero attached hydrogens (tertiary/aromatic N) is 1. The molecule has 1 amide bonds. The van der Waals surface area contributed by atoms with Gasteiger partial charge in [-0.2, -0.15) is 0 Å². The van der Waals surface area contributed by atoms with Gasteiger partial charge in [0.25, 0.3) is 5.91 Å². The van der Waals surface area contributed by atoms with E-state index in [1.165, 1.54) is 6.42 Å². The monoisotopic (exact) mass is 199 g/mol. The Labute approximate surface area is 85.8 Å². The number of hydrogen-bond donors (Lipinski definition) is 2. The Balaban J connectivity index is 2.52. The summed E-state index contributed by atoms with van der Waals surface area (Å²) in [7, 11) is 0. The van der Waals surface area contributed by atoms with Gasteiger partial charge in [0.15, 0.2) is 0 Å². The van der Waals surface area contributed by atoms with Crippen molar-refractivity contribution in [2.24, 2.45) is 5.73 Å². The number of carbonyl (C=O) groups is 1. The smallest absolute Gasteiger partial charge is 0.250 e. The van der Waals surface area contributed by atoms with Gasteiger partial charge < -0.3 is 5.73 Å². The van der Waals surface area contributed by atoms with Crippen LogP contribution in [0, 0.1) is 0 Å². The first-order valence-corrected chi connectivity index (χ1v) is 5.36. The van der Waals surface area contributed by atoms with E-state index in [0.29, 0.717) is 12.1 Å². The van der Waals surface area contributed by atoms with Crippen molar-refractivity contribution in [3.63, 3.8) is 0 Å². The van der Waals surface area contributed by atoms with Crippen LogP contribution in [0.15, 0.2) is 0 Å². The van der Waals surface area contributed by atoms with Crippen LogP contribution in [0.1, 0.15) is 40.0 Å². The van der Waals surface area contributed by atoms with Crippen LogP contribution in [-0.2, 0) is 4.79 Å². The number of hydrogen-bond acceptors (Lipinski definition) is 3. The van der Waals surface area contributed by atoms with Gasteiger partial charge in [-0.25, -0.2) is 5.01 Å². The predicted octanol–water partition coefficient (Wildman–Crippen LogP) is 0.628. The second-order valence-corrected chi connectivity index (χ2v) is 4.30. The third kappa shape index (κ3) is 2.69. The molecule has 0 aromatic heterocycles. The van der Waals surface area contributed by atoms with E-state index in [1.54, 1.807) is 6.92 Å². The minimum atomic E-state index is -0.434. The van der Waals surface area contributed by atoms with Crippen molar-refractivity contribution < 1.29 is 4.79 Å². The summed E-state index contributed by atoms with van der Waals surface area (Å²) in [6, 6.07) is 0.402. The predicted molar refractivity (Wildman–Crippen MR) is 56.4 cm³/mol. The standard InChI is InChI=1S/C10H21N3O/c1-7-5-4-6-8(2)13(7)12-10(14)9(3)11/h7-9H,4-6,11H2,1-3H3,(H,12,14)/t7?,8?,9-/m0/s1. The summed E-state index contributed by atoms with van der Waals surface area (Å²) in [5, 5.41) is 2.04. The van der Waals surface area contributed by atoms with Gasteiger partial charge in [0.1, 0.15) is 0 Å². The summed E-state index contributed by atoms with van der Waals surface area (Å²) >= 11 is 0. The Kier molecular flexibility index (Phi) is 3.89. The summed E-state index contributed by atoms with van der Waals surface area (Å²) in [4.78, 5) is 11.4. The average molecular weight is 199 g/mol. The van der Waals surface area contributed by atoms with Crippen molar-refractivity contribution in [1.82, 2.24) is 10.4 Å². The molecule has 0 aromatic carbocycles. The van der Waals surface area contributed by atoms with Crippen molar-refractivity contribution in [2.75, 3.05) is 0 Å². The lowest BCUT2D eigenvalue weighted by molar-refractivity contribution is -0.130. The molecule has 1 rings (SSSR count). The number of carbonyl (C=O) groups excluding carboxylic acids is 1. The minimum Gasteiger partial charge on any atom is -0.320 e. The van der Waals surface area contributed by atoms with Gasteiger partial charge in [0.05, 0.1) is 6.04 Å². The summed E-state index contributed by atoms with van der Waals surface area (Å²) < 4.78 is 0. The first-order valence-electron chi connectivity index (χ1n) is 5.36. The summed E-state index contributed by atoms with van der Waals surface area (Å²) in [6.07, 6.45) is 3.53. The number of nitrogens with one attached hydrogen (secondary N) is 1. The second-order valence-electron chi connectivity index (χ2n) is 4.30. The van der Waals surface area contributed by atoms with Crippen LogP contribution in [0.25, 0.3) is 0 Å². The van der Waals surface area contributed by atoms with E-state index in [9.17, 15) is 4.79 Å². The fourth-order valence-corrected chi connectivity index (χ4v) is 1.87. The highest BCUT2D eigenvalue weighted by atomic mass is 16.2. The molecule has 0 aliphatic carbocycles. The maximum atomic E-state index is 11.4. The maximum absolute atomic E-state index is 11.4. The fraction of sp³-hybridized carbons (Fsp3) is 0.900. The lowest BCUT2D eigenvalue weighted by Gasteiger charge is -2.39. The second kappa shape index (κ2) is 4.75. The molecule has 1 aliphatic heterocycles. The normalized spacial score (nSPS) is 31.1. The zero-order valence-corrected chi connectivity index (χ0v) is 9.29. The average Bonchev–Trinajstić information content (AvgIpc) is 2.11. The Morgan fingerprint density at radius 3 is 2.36 bits per heavy atom. The van der Waals surface area contributed by atoms with Crippen LogP contribution in [0.5, 0.6) is 0 Å². The van der Waals surface area contributed by atoms with Crippen LogP contribution < -0.4 is 11.2 Å². The third-order valence-corrected chi connectivity index (χ3v) is 2.85. The molecule has 4 nitrogen and oxygen atoms in total. The SMILES string of the molecule is CC1CCCC(C)N1NC(=O)[C@H](C)N. The number of hydrazine groups is 1. The Morgan fingerprint density at radius 2 is 1.93 bits per heavy atom. The van der Waals surface area contributed by atoms with Crippen molar-refractivity contribution in [2.45, 2.75) is 58.2 Å². The van der Waals surface area contributed by atoms with E-state index in [0.717, 1.165) is 12.8 Å². The van der Waals surface area contributed by atoms with Crippen molar-refractivity contribution in [3.8, 4) is 0 Å². The maximum Gasteiger partial charge on any atom is 0.250 e. The molecule has 4 heteroatoms. The molecule has 0 aromatic rings. The molecular weight excluding hydrogens is 178 g/mol. The van der Waals surface area contributed by atoms with E-state index in [2.05, 4.69) is 19.3 Å². The minimum absolute atomic E-state index is 0.0920. The van der Waals surface area contributed by atoms with Gasteiger partial charge in [-0.1, -0.05) is 6.42 Å². The molecule has 1 saturated heterocycles. The highest BCUT2D eigenvalue weighted by molar-refractivity contribution is 5.80. The molecule has 1 aliphatic rings. The van der Waals surface area contributed by atoms with E-state index in [-0.39, 0.29) is 5.91 Å². The number of rotatable bonds is 2. The summed E-state index contributed by atoms with van der Waals surface area (Å²) in [5.74, 6) is -0.0920. The molecule has 2 unspecified atom stereocenters. The Hall–Kier alpha value is -0.610. The van der Waals surface area contributed by atoms with Gasteiger partial charge >= 0.3 is 0 Å². The van der Waals surface area contributed by atoms with E-state index in [4.69, 9.17) is 5.73 Å². The number of amides is 1. The summed E-state index contributed by atoms with van der Waals surface area (Å²) in [6.45, 7) is 5.98. The number of piperidine rings is 1. The van der Waals surface area contributed by atoms with Crippen LogP contribution in [0.4, 0.5) is 0 Å². The molecule has 14 heavy (non-hydrogen) atoms. The molecular formula is C10H21N3O. The van der Waals surface area contributed by atoms with E-state index >= 15 is 0 Å². The first kappa shape index (κ1) is 11.5. The zero-order valence-electron chi connectivity index (χ0n) is 9.29.